The number of cyclic esters (lactones) is 1. The van der Waals surface area contributed by atoms with Gasteiger partial charge in [0.15, 0.2) is 11.5 Å². The van der Waals surface area contributed by atoms with Crippen molar-refractivity contribution < 1.29 is 19.0 Å². The Bertz CT molecular complexity index is 1190. The highest BCUT2D eigenvalue weighted by molar-refractivity contribution is 5.96. The monoisotopic (exact) mass is 413 g/mol. The number of fused-ring (bicyclic) bond motifs is 1. The van der Waals surface area contributed by atoms with Crippen molar-refractivity contribution in [1.29, 1.82) is 0 Å². The van der Waals surface area contributed by atoms with Crippen LogP contribution in [0.3, 0.4) is 0 Å². The van der Waals surface area contributed by atoms with Crippen LogP contribution in [0.15, 0.2) is 39.1 Å². The minimum Gasteiger partial charge on any atom is -0.493 e. The number of carbonyl (C=O) groups is 1. The van der Waals surface area contributed by atoms with Crippen LogP contribution in [0, 0.1) is 0 Å². The molecule has 9 heteroatoms. The van der Waals surface area contributed by atoms with Crippen molar-refractivity contribution in [2.45, 2.75) is 25.8 Å². The molecule has 0 aliphatic carbocycles. The van der Waals surface area contributed by atoms with Crippen molar-refractivity contribution in [3.63, 3.8) is 0 Å². The minimum atomic E-state index is -0.700. The summed E-state index contributed by atoms with van der Waals surface area (Å²) < 4.78 is 18.6. The van der Waals surface area contributed by atoms with Gasteiger partial charge in [-0.05, 0) is 24.1 Å². The average molecular weight is 413 g/mol. The number of aromatic nitrogens is 2. The van der Waals surface area contributed by atoms with Crippen LogP contribution in [0.1, 0.15) is 30.4 Å². The summed E-state index contributed by atoms with van der Waals surface area (Å²) >= 11 is 0. The lowest BCUT2D eigenvalue weighted by Gasteiger charge is -2.29. The fourth-order valence-corrected chi connectivity index (χ4v) is 4.08. The number of benzene rings is 1. The van der Waals surface area contributed by atoms with Gasteiger partial charge in [-0.15, -0.1) is 0 Å². The predicted octanol–water partition coefficient (Wildman–Crippen LogP) is 1.34. The molecule has 0 saturated heterocycles. The summed E-state index contributed by atoms with van der Waals surface area (Å²) in [5.74, 6) is 0.221. The number of hydrogen-bond donors (Lipinski definition) is 1. The van der Waals surface area contributed by atoms with Crippen LogP contribution in [0.25, 0.3) is 0 Å². The molecule has 9 nitrogen and oxygen atoms in total. The van der Waals surface area contributed by atoms with Crippen LogP contribution < -0.4 is 26.0 Å². The zero-order valence-electron chi connectivity index (χ0n) is 17.3. The summed E-state index contributed by atoms with van der Waals surface area (Å²) in [6, 6.07) is 5.25. The second-order valence-electron chi connectivity index (χ2n) is 7.20. The maximum Gasteiger partial charge on any atom is 0.337 e. The SMILES string of the molecule is CCCn1c2c(c(=O)n(C)c1=O)[C@@H](c1ccc(OC)c(OC)c1)C1=C(COC1=O)N2. The zero-order valence-corrected chi connectivity index (χ0v) is 17.3. The maximum atomic E-state index is 13.2. The standard InChI is InChI=1S/C21H23N3O6/c1-5-8-24-18-17(19(25)23(2)21(24)27)15(16-12(22-18)10-30-20(16)26)11-6-7-13(28-3)14(9-11)29-4/h6-7,9,15,22H,5,8,10H2,1-4H3/t15-/m0/s1. The number of rotatable bonds is 5. The van der Waals surface area contributed by atoms with Crippen molar-refractivity contribution in [3.05, 3.63) is 61.4 Å². The van der Waals surface area contributed by atoms with Gasteiger partial charge in [-0.2, -0.15) is 0 Å². The molecule has 0 unspecified atom stereocenters. The second-order valence-corrected chi connectivity index (χ2v) is 7.20. The van der Waals surface area contributed by atoms with E-state index in [2.05, 4.69) is 5.32 Å². The van der Waals surface area contributed by atoms with Crippen LogP contribution in [-0.4, -0.2) is 35.9 Å². The molecular formula is C21H23N3O6. The van der Waals surface area contributed by atoms with Crippen molar-refractivity contribution in [2.24, 2.45) is 7.05 Å². The van der Waals surface area contributed by atoms with Gasteiger partial charge in [-0.3, -0.25) is 13.9 Å². The Morgan fingerprint density at radius 2 is 1.90 bits per heavy atom. The highest BCUT2D eigenvalue weighted by atomic mass is 16.5. The third-order valence-electron chi connectivity index (χ3n) is 5.51. The van der Waals surface area contributed by atoms with Gasteiger partial charge < -0.3 is 19.5 Å². The number of nitrogens with one attached hydrogen (secondary N) is 1. The van der Waals surface area contributed by atoms with E-state index in [4.69, 9.17) is 14.2 Å². The van der Waals surface area contributed by atoms with E-state index in [-0.39, 0.29) is 6.61 Å². The fourth-order valence-electron chi connectivity index (χ4n) is 4.08. The average Bonchev–Trinajstić information content (AvgIpc) is 3.13. The van der Waals surface area contributed by atoms with Gasteiger partial charge in [0.05, 0.1) is 37.0 Å². The third kappa shape index (κ3) is 2.80. The second kappa shape index (κ2) is 7.40. The number of ether oxygens (including phenoxy) is 3. The number of carbonyl (C=O) groups excluding carboxylic acids is 1. The molecule has 3 heterocycles. The van der Waals surface area contributed by atoms with Gasteiger partial charge in [-0.1, -0.05) is 13.0 Å². The molecule has 0 spiro atoms. The summed E-state index contributed by atoms with van der Waals surface area (Å²) in [5.41, 5.74) is 1.06. The lowest BCUT2D eigenvalue weighted by atomic mass is 9.82. The van der Waals surface area contributed by atoms with Gasteiger partial charge in [0.2, 0.25) is 0 Å². The van der Waals surface area contributed by atoms with Gasteiger partial charge in [0, 0.05) is 13.6 Å². The molecule has 0 fully saturated rings. The van der Waals surface area contributed by atoms with Crippen LogP contribution in [-0.2, 0) is 23.1 Å². The molecule has 0 radical (unpaired) electrons. The largest absolute Gasteiger partial charge is 0.493 e. The fraction of sp³-hybridized carbons (Fsp3) is 0.381. The molecule has 2 aromatic rings. The van der Waals surface area contributed by atoms with E-state index in [1.165, 1.54) is 25.8 Å². The maximum absolute atomic E-state index is 13.2. The molecule has 2 aliphatic heterocycles. The third-order valence-corrected chi connectivity index (χ3v) is 5.51. The summed E-state index contributed by atoms with van der Waals surface area (Å²) in [6.07, 6.45) is 0.703. The normalized spacial score (nSPS) is 17.2. The molecule has 1 aromatic carbocycles. The molecule has 158 valence electrons. The van der Waals surface area contributed by atoms with Crippen LogP contribution in [0.2, 0.25) is 0 Å². The van der Waals surface area contributed by atoms with E-state index in [9.17, 15) is 14.4 Å². The zero-order chi connectivity index (χ0) is 21.6. The summed E-state index contributed by atoms with van der Waals surface area (Å²) in [6.45, 7) is 2.44. The molecule has 1 aromatic heterocycles. The molecule has 30 heavy (non-hydrogen) atoms. The molecule has 4 rings (SSSR count). The molecule has 1 N–H and O–H groups in total. The molecule has 0 saturated carbocycles. The highest BCUT2D eigenvalue weighted by Gasteiger charge is 2.42. The van der Waals surface area contributed by atoms with E-state index < -0.39 is 23.1 Å². The van der Waals surface area contributed by atoms with E-state index in [1.807, 2.05) is 6.92 Å². The predicted molar refractivity (Wildman–Crippen MR) is 109 cm³/mol. The van der Waals surface area contributed by atoms with E-state index in [0.717, 1.165) is 4.57 Å². The first-order valence-electron chi connectivity index (χ1n) is 9.65. The minimum absolute atomic E-state index is 0.0624. The van der Waals surface area contributed by atoms with Crippen LogP contribution in [0.5, 0.6) is 11.5 Å². The molecule has 0 bridgehead atoms. The first kappa shape index (κ1) is 19.8. The Kier molecular flexibility index (Phi) is 4.89. The molecule has 2 aliphatic rings. The van der Waals surface area contributed by atoms with Crippen LogP contribution in [0.4, 0.5) is 5.82 Å². The van der Waals surface area contributed by atoms with Crippen molar-refractivity contribution in [2.75, 3.05) is 26.1 Å². The summed E-state index contributed by atoms with van der Waals surface area (Å²) in [4.78, 5) is 38.6. The lowest BCUT2D eigenvalue weighted by Crippen LogP contribution is -2.44. The van der Waals surface area contributed by atoms with Gasteiger partial charge >= 0.3 is 11.7 Å². The Hall–Kier alpha value is -3.49. The van der Waals surface area contributed by atoms with Crippen molar-refractivity contribution in [1.82, 2.24) is 9.13 Å². The Morgan fingerprint density at radius 3 is 2.57 bits per heavy atom. The van der Waals surface area contributed by atoms with E-state index >= 15 is 0 Å². The Balaban J connectivity index is 2.05. The van der Waals surface area contributed by atoms with Crippen molar-refractivity contribution in [3.8, 4) is 11.5 Å². The Labute approximate surface area is 172 Å². The first-order valence-corrected chi connectivity index (χ1v) is 9.65. The number of anilines is 1. The summed E-state index contributed by atoms with van der Waals surface area (Å²) in [5, 5.41) is 3.13. The highest BCUT2D eigenvalue weighted by Crippen LogP contribution is 2.44. The smallest absolute Gasteiger partial charge is 0.337 e. The van der Waals surface area contributed by atoms with E-state index in [0.29, 0.717) is 52.7 Å². The van der Waals surface area contributed by atoms with Crippen LogP contribution >= 0.6 is 0 Å². The quantitative estimate of drug-likeness (QED) is 0.739. The first-order chi connectivity index (χ1) is 14.4. The Morgan fingerprint density at radius 1 is 1.17 bits per heavy atom. The molecule has 1 atom stereocenters. The lowest BCUT2D eigenvalue weighted by molar-refractivity contribution is -0.136. The summed E-state index contributed by atoms with van der Waals surface area (Å²) in [7, 11) is 4.50. The van der Waals surface area contributed by atoms with Gasteiger partial charge in [0.25, 0.3) is 5.56 Å². The number of esters is 1. The number of nitrogens with zero attached hydrogens (tertiary/aromatic N) is 2. The molecule has 0 amide bonds. The van der Waals surface area contributed by atoms with Gasteiger partial charge in [0.1, 0.15) is 12.4 Å². The number of methoxy groups -OCH3 is 2. The van der Waals surface area contributed by atoms with Gasteiger partial charge in [-0.25, -0.2) is 9.59 Å². The van der Waals surface area contributed by atoms with E-state index in [1.54, 1.807) is 18.2 Å². The van der Waals surface area contributed by atoms with Crippen molar-refractivity contribution >= 4 is 11.8 Å². The number of hydrogen-bond acceptors (Lipinski definition) is 7. The topological polar surface area (TPSA) is 101 Å². The molecular weight excluding hydrogens is 390 g/mol.